The van der Waals surface area contributed by atoms with Gasteiger partial charge in [0, 0.05) is 0 Å². The monoisotopic (exact) mass is 169 g/mol. The predicted molar refractivity (Wildman–Crippen MR) is 45.6 cm³/mol. The zero-order valence-corrected chi connectivity index (χ0v) is 7.63. The largest absolute Gasteiger partial charge is 0.338 e. The second kappa shape index (κ2) is 4.87. The van der Waals surface area contributed by atoms with Crippen LogP contribution in [0.25, 0.3) is 0 Å². The highest BCUT2D eigenvalue weighted by atomic mass is 16.5. The van der Waals surface area contributed by atoms with E-state index < -0.39 is 0 Å². The van der Waals surface area contributed by atoms with Crippen molar-refractivity contribution in [1.82, 2.24) is 15.5 Å². The first-order chi connectivity index (χ1) is 5.83. The minimum Gasteiger partial charge on any atom is -0.338 e. The van der Waals surface area contributed by atoms with E-state index in [2.05, 4.69) is 22.4 Å². The summed E-state index contributed by atoms with van der Waals surface area (Å²) in [5, 5.41) is 6.91. The molecule has 12 heavy (non-hydrogen) atoms. The van der Waals surface area contributed by atoms with Gasteiger partial charge in [0.25, 0.3) is 0 Å². The fourth-order valence-electron chi connectivity index (χ4n) is 0.909. The van der Waals surface area contributed by atoms with Crippen LogP contribution in [0, 0.1) is 6.92 Å². The molecule has 0 bridgehead atoms. The lowest BCUT2D eigenvalue weighted by Crippen LogP contribution is -2.14. The number of unbranched alkanes of at least 4 members (excludes halogenated alkanes) is 1. The second-order valence-corrected chi connectivity index (χ2v) is 2.77. The number of nitrogens with one attached hydrogen (secondary N) is 1. The number of aromatic nitrogens is 2. The van der Waals surface area contributed by atoms with Gasteiger partial charge in [-0.05, 0) is 19.9 Å². The van der Waals surface area contributed by atoms with Gasteiger partial charge < -0.3 is 9.84 Å². The van der Waals surface area contributed by atoms with Crippen molar-refractivity contribution in [3.63, 3.8) is 0 Å². The molecule has 0 aromatic carbocycles. The Hall–Kier alpha value is -0.900. The quantitative estimate of drug-likeness (QED) is 0.674. The third kappa shape index (κ3) is 3.00. The molecule has 68 valence electrons. The van der Waals surface area contributed by atoms with E-state index in [0.717, 1.165) is 6.54 Å². The molecule has 0 amide bonds. The van der Waals surface area contributed by atoms with Crippen molar-refractivity contribution < 1.29 is 4.52 Å². The first-order valence-electron chi connectivity index (χ1n) is 4.33. The molecular weight excluding hydrogens is 154 g/mol. The van der Waals surface area contributed by atoms with E-state index in [1.165, 1.54) is 12.8 Å². The molecule has 4 nitrogen and oxygen atoms in total. The van der Waals surface area contributed by atoms with Crippen LogP contribution in [0.15, 0.2) is 4.52 Å². The van der Waals surface area contributed by atoms with E-state index >= 15 is 0 Å². The molecule has 0 unspecified atom stereocenters. The number of nitrogens with zero attached hydrogens (tertiary/aromatic N) is 2. The molecule has 0 aliphatic heterocycles. The van der Waals surface area contributed by atoms with E-state index in [1.807, 2.05) is 6.92 Å². The van der Waals surface area contributed by atoms with E-state index in [-0.39, 0.29) is 0 Å². The van der Waals surface area contributed by atoms with E-state index in [1.54, 1.807) is 0 Å². The normalized spacial score (nSPS) is 10.5. The summed E-state index contributed by atoms with van der Waals surface area (Å²) in [5.74, 6) is 1.37. The van der Waals surface area contributed by atoms with Crippen molar-refractivity contribution in [1.29, 1.82) is 0 Å². The van der Waals surface area contributed by atoms with Crippen LogP contribution < -0.4 is 5.32 Å². The summed E-state index contributed by atoms with van der Waals surface area (Å²) in [6, 6.07) is 0. The van der Waals surface area contributed by atoms with Gasteiger partial charge >= 0.3 is 0 Å². The molecule has 4 heteroatoms. The van der Waals surface area contributed by atoms with Gasteiger partial charge in [0.05, 0.1) is 6.54 Å². The highest BCUT2D eigenvalue weighted by Gasteiger charge is 1.99. The summed E-state index contributed by atoms with van der Waals surface area (Å²) in [5.41, 5.74) is 0. The van der Waals surface area contributed by atoms with Crippen LogP contribution in [0.5, 0.6) is 0 Å². The van der Waals surface area contributed by atoms with Crippen LogP contribution >= 0.6 is 0 Å². The fraction of sp³-hybridized carbons (Fsp3) is 0.750. The number of hydrogen-bond donors (Lipinski definition) is 1. The van der Waals surface area contributed by atoms with E-state index in [4.69, 9.17) is 4.52 Å². The van der Waals surface area contributed by atoms with Gasteiger partial charge in [-0.3, -0.25) is 0 Å². The molecule has 0 spiro atoms. The number of hydrogen-bond acceptors (Lipinski definition) is 4. The van der Waals surface area contributed by atoms with Crippen molar-refractivity contribution >= 4 is 0 Å². The first kappa shape index (κ1) is 9.19. The van der Waals surface area contributed by atoms with Crippen molar-refractivity contribution in [2.75, 3.05) is 6.54 Å². The van der Waals surface area contributed by atoms with Crippen molar-refractivity contribution in [2.45, 2.75) is 33.2 Å². The Morgan fingerprint density at radius 1 is 1.50 bits per heavy atom. The minimum atomic E-state index is 0.670. The highest BCUT2D eigenvalue weighted by Crippen LogP contribution is 1.94. The molecular formula is C8H15N3O. The molecule has 1 heterocycles. The first-order valence-corrected chi connectivity index (χ1v) is 4.33. The smallest absolute Gasteiger partial charge is 0.240 e. The van der Waals surface area contributed by atoms with Crippen LogP contribution in [0.2, 0.25) is 0 Å². The third-order valence-electron chi connectivity index (χ3n) is 1.55. The summed E-state index contributed by atoms with van der Waals surface area (Å²) in [6.45, 7) is 5.68. The average molecular weight is 169 g/mol. The molecule has 0 saturated carbocycles. The Bertz CT molecular complexity index is 222. The van der Waals surface area contributed by atoms with E-state index in [9.17, 15) is 0 Å². The topological polar surface area (TPSA) is 51.0 Å². The summed E-state index contributed by atoms with van der Waals surface area (Å²) in [6.07, 6.45) is 2.39. The summed E-state index contributed by atoms with van der Waals surface area (Å²) in [4.78, 5) is 4.07. The summed E-state index contributed by atoms with van der Waals surface area (Å²) < 4.78 is 4.92. The third-order valence-corrected chi connectivity index (χ3v) is 1.55. The fourth-order valence-corrected chi connectivity index (χ4v) is 0.909. The van der Waals surface area contributed by atoms with Gasteiger partial charge in [0.2, 0.25) is 5.89 Å². The van der Waals surface area contributed by atoms with Crippen LogP contribution in [0.1, 0.15) is 31.5 Å². The van der Waals surface area contributed by atoms with Gasteiger partial charge in [-0.25, -0.2) is 0 Å². The highest BCUT2D eigenvalue weighted by molar-refractivity contribution is 4.81. The Labute approximate surface area is 72.4 Å². The number of rotatable bonds is 5. The predicted octanol–water partition coefficient (Wildman–Crippen LogP) is 1.27. The van der Waals surface area contributed by atoms with Gasteiger partial charge in [-0.2, -0.15) is 4.98 Å². The van der Waals surface area contributed by atoms with Gasteiger partial charge in [-0.15, -0.1) is 0 Å². The maximum Gasteiger partial charge on any atom is 0.240 e. The average Bonchev–Trinajstić information content (AvgIpc) is 2.45. The molecule has 0 aliphatic rings. The maximum absolute atomic E-state index is 4.92. The Balaban J connectivity index is 2.15. The van der Waals surface area contributed by atoms with Crippen LogP contribution in [0.4, 0.5) is 0 Å². The van der Waals surface area contributed by atoms with Crippen molar-refractivity contribution in [3.8, 4) is 0 Å². The van der Waals surface area contributed by atoms with Crippen LogP contribution in [0.3, 0.4) is 0 Å². The Morgan fingerprint density at radius 3 is 2.92 bits per heavy atom. The molecule has 0 aliphatic carbocycles. The standard InChI is InChI=1S/C8H15N3O/c1-3-4-5-9-6-8-10-7(2)11-12-8/h9H,3-6H2,1-2H3. The number of aryl methyl sites for hydroxylation is 1. The summed E-state index contributed by atoms with van der Waals surface area (Å²) >= 11 is 0. The van der Waals surface area contributed by atoms with Crippen LogP contribution in [-0.2, 0) is 6.54 Å². The minimum absolute atomic E-state index is 0.670. The van der Waals surface area contributed by atoms with Crippen molar-refractivity contribution in [3.05, 3.63) is 11.7 Å². The summed E-state index contributed by atoms with van der Waals surface area (Å²) in [7, 11) is 0. The molecule has 1 rings (SSSR count). The molecule has 0 atom stereocenters. The Kier molecular flexibility index (Phi) is 3.73. The molecule has 0 radical (unpaired) electrons. The SMILES string of the molecule is CCCCNCc1nc(C)no1. The lowest BCUT2D eigenvalue weighted by Gasteiger charge is -1.97. The lowest BCUT2D eigenvalue weighted by atomic mass is 10.3. The van der Waals surface area contributed by atoms with Crippen LogP contribution in [-0.4, -0.2) is 16.7 Å². The van der Waals surface area contributed by atoms with Gasteiger partial charge in [-0.1, -0.05) is 18.5 Å². The Morgan fingerprint density at radius 2 is 2.33 bits per heavy atom. The zero-order valence-electron chi connectivity index (χ0n) is 7.63. The molecule has 1 aromatic rings. The second-order valence-electron chi connectivity index (χ2n) is 2.77. The maximum atomic E-state index is 4.92. The molecule has 0 fully saturated rings. The van der Waals surface area contributed by atoms with E-state index in [0.29, 0.717) is 18.3 Å². The molecule has 1 aromatic heterocycles. The van der Waals surface area contributed by atoms with Crippen molar-refractivity contribution in [2.24, 2.45) is 0 Å². The molecule has 1 N–H and O–H groups in total. The lowest BCUT2D eigenvalue weighted by molar-refractivity contribution is 0.364. The van der Waals surface area contributed by atoms with Gasteiger partial charge in [0.1, 0.15) is 0 Å². The van der Waals surface area contributed by atoms with Gasteiger partial charge in [0.15, 0.2) is 5.82 Å². The zero-order chi connectivity index (χ0) is 8.81. The molecule has 0 saturated heterocycles.